The molecule has 0 spiro atoms. The molecule has 0 aromatic rings. The highest BCUT2D eigenvalue weighted by Crippen LogP contribution is 2.18. The van der Waals surface area contributed by atoms with E-state index < -0.39 is 0 Å². The predicted octanol–water partition coefficient (Wildman–Crippen LogP) is 0.748. The highest BCUT2D eigenvalue weighted by atomic mass is 32.2. The number of hydrogen-bond acceptors (Lipinski definition) is 4. The van der Waals surface area contributed by atoms with Gasteiger partial charge in [-0.1, -0.05) is 13.3 Å². The lowest BCUT2D eigenvalue weighted by Crippen LogP contribution is -2.45. The number of unbranched alkanes of at least 4 members (excludes halogenated alkanes) is 1. The van der Waals surface area contributed by atoms with Crippen molar-refractivity contribution < 1.29 is 9.59 Å². The first kappa shape index (κ1) is 15.3. The van der Waals surface area contributed by atoms with Crippen molar-refractivity contribution in [1.29, 1.82) is 0 Å². The van der Waals surface area contributed by atoms with E-state index in [1.165, 1.54) is 6.42 Å². The minimum atomic E-state index is -0.112. The van der Waals surface area contributed by atoms with Gasteiger partial charge < -0.3 is 4.90 Å². The number of nitrogens with two attached hydrogens (primary N) is 1. The summed E-state index contributed by atoms with van der Waals surface area (Å²) in [5.74, 6) is 6.77. The van der Waals surface area contributed by atoms with Gasteiger partial charge in [-0.2, -0.15) is 11.8 Å². The second-order valence-electron chi connectivity index (χ2n) is 4.57. The van der Waals surface area contributed by atoms with Gasteiger partial charge in [-0.25, -0.2) is 5.84 Å². The van der Waals surface area contributed by atoms with E-state index in [1.54, 1.807) is 11.8 Å². The fourth-order valence-corrected chi connectivity index (χ4v) is 3.00. The molecule has 0 aliphatic carbocycles. The molecular formula is C12H23N3O2S. The highest BCUT2D eigenvalue weighted by molar-refractivity contribution is 7.99. The fraction of sp³-hybridized carbons (Fsp3) is 0.833. The van der Waals surface area contributed by atoms with Gasteiger partial charge in [0.15, 0.2) is 0 Å². The molecule has 0 radical (unpaired) electrons. The number of rotatable bonds is 6. The number of nitrogens with one attached hydrogen (secondary N) is 1. The van der Waals surface area contributed by atoms with Crippen LogP contribution in [0.5, 0.6) is 0 Å². The van der Waals surface area contributed by atoms with Gasteiger partial charge in [-0.15, -0.1) is 0 Å². The third kappa shape index (κ3) is 4.86. The van der Waals surface area contributed by atoms with E-state index in [0.29, 0.717) is 31.7 Å². The Hall–Kier alpha value is -0.750. The molecule has 0 aromatic heterocycles. The van der Waals surface area contributed by atoms with E-state index >= 15 is 0 Å². The molecule has 0 atom stereocenters. The van der Waals surface area contributed by atoms with Crippen LogP contribution in [0.2, 0.25) is 0 Å². The number of carbonyl (C=O) groups is 2. The van der Waals surface area contributed by atoms with Crippen LogP contribution < -0.4 is 11.3 Å². The summed E-state index contributed by atoms with van der Waals surface area (Å²) < 4.78 is 0. The van der Waals surface area contributed by atoms with Crippen molar-refractivity contribution in [3.05, 3.63) is 0 Å². The Morgan fingerprint density at radius 1 is 1.39 bits per heavy atom. The summed E-state index contributed by atoms with van der Waals surface area (Å²) in [5, 5.41) is 0. The normalized spacial score (nSPS) is 16.7. The van der Waals surface area contributed by atoms with Gasteiger partial charge in [0.25, 0.3) is 0 Å². The van der Waals surface area contributed by atoms with Gasteiger partial charge in [-0.05, 0) is 25.0 Å². The van der Waals surface area contributed by atoms with E-state index in [9.17, 15) is 9.59 Å². The summed E-state index contributed by atoms with van der Waals surface area (Å²) in [5.41, 5.74) is 2.18. The van der Waals surface area contributed by atoms with Gasteiger partial charge >= 0.3 is 0 Å². The minimum Gasteiger partial charge on any atom is -0.342 e. The first-order chi connectivity index (χ1) is 8.69. The molecule has 0 bridgehead atoms. The second-order valence-corrected chi connectivity index (χ2v) is 5.67. The zero-order chi connectivity index (χ0) is 13.4. The molecule has 0 saturated carbocycles. The highest BCUT2D eigenvalue weighted by Gasteiger charge is 2.26. The maximum Gasteiger partial charge on any atom is 0.237 e. The van der Waals surface area contributed by atoms with Crippen LogP contribution in [0.4, 0.5) is 0 Å². The summed E-state index contributed by atoms with van der Waals surface area (Å²) >= 11 is 1.70. The monoisotopic (exact) mass is 273 g/mol. The lowest BCUT2D eigenvalue weighted by molar-refractivity contribution is -0.133. The van der Waals surface area contributed by atoms with Crippen LogP contribution in [0.25, 0.3) is 0 Å². The van der Waals surface area contributed by atoms with E-state index in [-0.39, 0.29) is 17.7 Å². The predicted molar refractivity (Wildman–Crippen MR) is 73.9 cm³/mol. The quantitative estimate of drug-likeness (QED) is 0.324. The number of piperidine rings is 1. The van der Waals surface area contributed by atoms with Crippen molar-refractivity contribution in [2.24, 2.45) is 11.8 Å². The largest absolute Gasteiger partial charge is 0.342 e. The third-order valence-electron chi connectivity index (χ3n) is 3.23. The molecule has 1 heterocycles. The number of thioether (sulfide) groups is 1. The maximum absolute atomic E-state index is 11.9. The van der Waals surface area contributed by atoms with Gasteiger partial charge in [0.05, 0.1) is 5.75 Å². The Morgan fingerprint density at radius 3 is 2.61 bits per heavy atom. The molecule has 18 heavy (non-hydrogen) atoms. The number of amides is 2. The van der Waals surface area contributed by atoms with Crippen molar-refractivity contribution in [2.75, 3.05) is 24.6 Å². The lowest BCUT2D eigenvalue weighted by Gasteiger charge is -2.31. The smallest absolute Gasteiger partial charge is 0.237 e. The van der Waals surface area contributed by atoms with Crippen LogP contribution in [0.3, 0.4) is 0 Å². The van der Waals surface area contributed by atoms with Crippen molar-refractivity contribution >= 4 is 23.6 Å². The molecule has 1 rings (SSSR count). The number of hydrogen-bond donors (Lipinski definition) is 2. The van der Waals surface area contributed by atoms with Gasteiger partial charge in [0.1, 0.15) is 0 Å². The molecule has 0 unspecified atom stereocenters. The molecule has 2 amide bonds. The van der Waals surface area contributed by atoms with Crippen molar-refractivity contribution in [3.63, 3.8) is 0 Å². The van der Waals surface area contributed by atoms with Crippen LogP contribution in [0, 0.1) is 5.92 Å². The molecule has 5 nitrogen and oxygen atoms in total. The molecule has 1 aliphatic rings. The number of carbonyl (C=O) groups excluding carboxylic acids is 2. The fourth-order valence-electron chi connectivity index (χ4n) is 2.01. The van der Waals surface area contributed by atoms with Crippen molar-refractivity contribution in [2.45, 2.75) is 32.6 Å². The van der Waals surface area contributed by atoms with E-state index in [4.69, 9.17) is 5.84 Å². The standard InChI is InChI=1S/C12H23N3O2S/c1-2-3-8-18-9-11(16)15-6-4-10(5-7-15)12(17)14-13/h10H,2-9,13H2,1H3,(H,14,17). The molecule has 3 N–H and O–H groups in total. The maximum atomic E-state index is 11.9. The minimum absolute atomic E-state index is 0.0354. The molecule has 0 aromatic carbocycles. The first-order valence-electron chi connectivity index (χ1n) is 6.55. The van der Waals surface area contributed by atoms with Crippen molar-refractivity contribution in [3.8, 4) is 0 Å². The Kier molecular flexibility index (Phi) is 7.12. The Balaban J connectivity index is 2.21. The number of likely N-dealkylation sites (tertiary alicyclic amines) is 1. The van der Waals surface area contributed by atoms with Crippen LogP contribution in [0.1, 0.15) is 32.6 Å². The molecule has 1 saturated heterocycles. The molecule has 1 fully saturated rings. The number of nitrogens with zero attached hydrogens (tertiary/aromatic N) is 1. The second kappa shape index (κ2) is 8.37. The van der Waals surface area contributed by atoms with E-state index in [0.717, 1.165) is 12.2 Å². The van der Waals surface area contributed by atoms with E-state index in [1.807, 2.05) is 4.90 Å². The number of hydrazine groups is 1. The molecule has 1 aliphatic heterocycles. The topological polar surface area (TPSA) is 75.4 Å². The summed E-state index contributed by atoms with van der Waals surface area (Å²) in [4.78, 5) is 25.1. The van der Waals surface area contributed by atoms with Gasteiger partial charge in [0, 0.05) is 19.0 Å². The zero-order valence-electron chi connectivity index (χ0n) is 11.0. The van der Waals surface area contributed by atoms with E-state index in [2.05, 4.69) is 12.3 Å². The Labute approximate surface area is 113 Å². The Bertz CT molecular complexity index is 278. The van der Waals surface area contributed by atoms with Crippen LogP contribution in [-0.2, 0) is 9.59 Å². The summed E-state index contributed by atoms with van der Waals surface area (Å²) in [7, 11) is 0. The average Bonchev–Trinajstić information content (AvgIpc) is 2.42. The lowest BCUT2D eigenvalue weighted by atomic mass is 9.96. The summed E-state index contributed by atoms with van der Waals surface area (Å²) in [6.45, 7) is 3.49. The third-order valence-corrected chi connectivity index (χ3v) is 4.26. The Morgan fingerprint density at radius 2 is 2.06 bits per heavy atom. The van der Waals surface area contributed by atoms with Gasteiger partial charge in [-0.3, -0.25) is 15.0 Å². The zero-order valence-corrected chi connectivity index (χ0v) is 11.8. The SMILES string of the molecule is CCCCSCC(=O)N1CCC(C(=O)NN)CC1. The summed E-state index contributed by atoms with van der Waals surface area (Å²) in [6.07, 6.45) is 3.76. The van der Waals surface area contributed by atoms with Gasteiger partial charge in [0.2, 0.25) is 11.8 Å². The average molecular weight is 273 g/mol. The van der Waals surface area contributed by atoms with Crippen LogP contribution in [-0.4, -0.2) is 41.3 Å². The summed E-state index contributed by atoms with van der Waals surface area (Å²) in [6, 6.07) is 0. The van der Waals surface area contributed by atoms with Crippen LogP contribution >= 0.6 is 11.8 Å². The molecule has 6 heteroatoms. The molecular weight excluding hydrogens is 250 g/mol. The molecule has 104 valence electrons. The van der Waals surface area contributed by atoms with Crippen LogP contribution in [0.15, 0.2) is 0 Å². The van der Waals surface area contributed by atoms with Crippen molar-refractivity contribution in [1.82, 2.24) is 10.3 Å². The first-order valence-corrected chi connectivity index (χ1v) is 7.70.